The zero-order chi connectivity index (χ0) is 14.8. The van der Waals surface area contributed by atoms with Crippen molar-refractivity contribution in [1.82, 2.24) is 4.90 Å². The van der Waals surface area contributed by atoms with Crippen molar-refractivity contribution < 1.29 is 8.42 Å². The smallest absolute Gasteiger partial charge is 0.173 e. The summed E-state index contributed by atoms with van der Waals surface area (Å²) < 4.78 is 23.2. The van der Waals surface area contributed by atoms with Crippen LogP contribution < -0.4 is 5.32 Å². The molecule has 4 nitrogen and oxygen atoms in total. The van der Waals surface area contributed by atoms with Gasteiger partial charge in [-0.05, 0) is 50.2 Å². The Bertz CT molecular complexity index is 599. The van der Waals surface area contributed by atoms with Crippen LogP contribution in [0.15, 0.2) is 24.3 Å². The number of benzene rings is 1. The van der Waals surface area contributed by atoms with E-state index in [1.54, 1.807) is 0 Å². The van der Waals surface area contributed by atoms with Gasteiger partial charge < -0.3 is 10.2 Å². The molecule has 1 aromatic carbocycles. The first kappa shape index (κ1) is 15.3. The monoisotopic (exact) mass is 312 g/mol. The molecule has 20 heavy (non-hydrogen) atoms. The number of nitrogens with zero attached hydrogens (tertiary/aromatic N) is 1. The third-order valence-corrected chi connectivity index (χ3v) is 5.61. The molecule has 0 saturated carbocycles. The summed E-state index contributed by atoms with van der Waals surface area (Å²) in [5, 5.41) is 3.80. The molecule has 1 aliphatic rings. The molecule has 0 unspecified atom stereocenters. The van der Waals surface area contributed by atoms with Crippen LogP contribution >= 0.6 is 12.2 Å². The van der Waals surface area contributed by atoms with Gasteiger partial charge >= 0.3 is 0 Å². The average Bonchev–Trinajstić information content (AvgIpc) is 2.70. The van der Waals surface area contributed by atoms with E-state index < -0.39 is 9.84 Å². The second-order valence-electron chi connectivity index (χ2n) is 5.14. The van der Waals surface area contributed by atoms with Crippen LogP contribution in [-0.2, 0) is 9.84 Å². The summed E-state index contributed by atoms with van der Waals surface area (Å²) in [5.41, 5.74) is 2.10. The molecule has 0 spiro atoms. The Labute approximate surface area is 126 Å². The van der Waals surface area contributed by atoms with Crippen LogP contribution in [0.25, 0.3) is 0 Å². The predicted molar refractivity (Wildman–Crippen MR) is 86.8 cm³/mol. The third kappa shape index (κ3) is 3.70. The van der Waals surface area contributed by atoms with Crippen molar-refractivity contribution >= 4 is 32.9 Å². The highest BCUT2D eigenvalue weighted by Crippen LogP contribution is 2.19. The number of sulfone groups is 1. The molecule has 6 heteroatoms. The Kier molecular flexibility index (Phi) is 4.65. The summed E-state index contributed by atoms with van der Waals surface area (Å²) in [4.78, 5) is 1.97. The quantitative estimate of drug-likeness (QED) is 0.867. The van der Waals surface area contributed by atoms with Gasteiger partial charge in [0.15, 0.2) is 14.9 Å². The Balaban J connectivity index is 2.06. The molecule has 2 rings (SSSR count). The number of nitrogens with one attached hydrogen (secondary N) is 1. The molecule has 1 aromatic rings. The minimum Gasteiger partial charge on any atom is -0.345 e. The van der Waals surface area contributed by atoms with E-state index in [0.717, 1.165) is 11.3 Å². The van der Waals surface area contributed by atoms with Crippen molar-refractivity contribution in [2.75, 3.05) is 23.4 Å². The summed E-state index contributed by atoms with van der Waals surface area (Å²) in [5.74, 6) is 0.470. The second kappa shape index (κ2) is 6.10. The van der Waals surface area contributed by atoms with Gasteiger partial charge in [0.05, 0.1) is 11.5 Å². The molecule has 0 aromatic heterocycles. The van der Waals surface area contributed by atoms with E-state index in [1.807, 2.05) is 43.0 Å². The van der Waals surface area contributed by atoms with Crippen molar-refractivity contribution in [1.29, 1.82) is 0 Å². The second-order valence-corrected chi connectivity index (χ2v) is 7.76. The molecule has 0 aliphatic carbocycles. The summed E-state index contributed by atoms with van der Waals surface area (Å²) in [6, 6.07) is 7.96. The average molecular weight is 312 g/mol. The Morgan fingerprint density at radius 2 is 2.25 bits per heavy atom. The SMILES string of the molecule is CCN(C(=S)Nc1cccc(C)c1)[C@H]1CCS(=O)(=O)C1. The molecule has 0 radical (unpaired) electrons. The van der Waals surface area contributed by atoms with Crippen LogP contribution in [0.4, 0.5) is 5.69 Å². The highest BCUT2D eigenvalue weighted by molar-refractivity contribution is 7.91. The molecule has 1 fully saturated rings. The molecular weight excluding hydrogens is 292 g/mol. The van der Waals surface area contributed by atoms with Gasteiger partial charge in [-0.25, -0.2) is 8.42 Å². The fourth-order valence-corrected chi connectivity index (χ4v) is 4.63. The minimum atomic E-state index is -2.89. The Hall–Kier alpha value is -1.14. The standard InChI is InChI=1S/C14H20N2O2S2/c1-3-16(13-7-8-20(17,18)10-13)14(19)15-12-6-4-5-11(2)9-12/h4-6,9,13H,3,7-8,10H2,1-2H3,(H,15,19)/t13-/m0/s1. The van der Waals surface area contributed by atoms with Gasteiger partial charge in [-0.15, -0.1) is 0 Å². The van der Waals surface area contributed by atoms with E-state index in [0.29, 0.717) is 18.1 Å². The van der Waals surface area contributed by atoms with Gasteiger partial charge in [-0.2, -0.15) is 0 Å². The summed E-state index contributed by atoms with van der Waals surface area (Å²) in [6.07, 6.45) is 0.659. The maximum atomic E-state index is 11.6. The first-order chi connectivity index (χ1) is 9.41. The van der Waals surface area contributed by atoms with Crippen molar-refractivity contribution in [3.8, 4) is 0 Å². The van der Waals surface area contributed by atoms with Crippen LogP contribution in [0.5, 0.6) is 0 Å². The number of thiocarbonyl (C=S) groups is 1. The first-order valence-corrected chi connectivity index (χ1v) is 8.99. The van der Waals surface area contributed by atoms with E-state index in [-0.39, 0.29) is 17.5 Å². The molecule has 1 heterocycles. The lowest BCUT2D eigenvalue weighted by atomic mass is 10.2. The van der Waals surface area contributed by atoms with Gasteiger partial charge in [-0.3, -0.25) is 0 Å². The van der Waals surface area contributed by atoms with Gasteiger partial charge in [0, 0.05) is 18.3 Å². The maximum absolute atomic E-state index is 11.6. The van der Waals surface area contributed by atoms with Gasteiger partial charge in [0.2, 0.25) is 0 Å². The number of anilines is 1. The highest BCUT2D eigenvalue weighted by atomic mass is 32.2. The molecule has 0 amide bonds. The predicted octanol–water partition coefficient (Wildman–Crippen LogP) is 2.20. The highest BCUT2D eigenvalue weighted by Gasteiger charge is 2.32. The van der Waals surface area contributed by atoms with E-state index in [9.17, 15) is 8.42 Å². The lowest BCUT2D eigenvalue weighted by Gasteiger charge is -2.29. The molecule has 110 valence electrons. The number of hydrogen-bond acceptors (Lipinski definition) is 3. The normalized spacial score (nSPS) is 20.6. The zero-order valence-electron chi connectivity index (χ0n) is 11.8. The lowest BCUT2D eigenvalue weighted by molar-refractivity contribution is 0.355. The van der Waals surface area contributed by atoms with E-state index in [2.05, 4.69) is 5.32 Å². The zero-order valence-corrected chi connectivity index (χ0v) is 13.4. The fraction of sp³-hybridized carbons (Fsp3) is 0.500. The van der Waals surface area contributed by atoms with Crippen molar-refractivity contribution in [3.05, 3.63) is 29.8 Å². The molecule has 1 atom stereocenters. The summed E-state index contributed by atoms with van der Waals surface area (Å²) >= 11 is 5.43. The van der Waals surface area contributed by atoms with Crippen molar-refractivity contribution in [2.45, 2.75) is 26.3 Å². The van der Waals surface area contributed by atoms with Crippen molar-refractivity contribution in [2.24, 2.45) is 0 Å². The van der Waals surface area contributed by atoms with Crippen LogP contribution in [0.3, 0.4) is 0 Å². The first-order valence-electron chi connectivity index (χ1n) is 6.76. The topological polar surface area (TPSA) is 49.4 Å². The number of aryl methyl sites for hydroxylation is 1. The number of hydrogen-bond donors (Lipinski definition) is 1. The Morgan fingerprint density at radius 1 is 1.50 bits per heavy atom. The van der Waals surface area contributed by atoms with Crippen LogP contribution in [-0.4, -0.2) is 42.5 Å². The van der Waals surface area contributed by atoms with Crippen LogP contribution in [0.2, 0.25) is 0 Å². The molecule has 1 N–H and O–H groups in total. The van der Waals surface area contributed by atoms with E-state index in [4.69, 9.17) is 12.2 Å². The van der Waals surface area contributed by atoms with Crippen LogP contribution in [0, 0.1) is 6.92 Å². The summed E-state index contributed by atoms with van der Waals surface area (Å²) in [6.45, 7) is 4.72. The van der Waals surface area contributed by atoms with Crippen LogP contribution in [0.1, 0.15) is 18.9 Å². The largest absolute Gasteiger partial charge is 0.345 e. The van der Waals surface area contributed by atoms with Gasteiger partial charge in [-0.1, -0.05) is 12.1 Å². The lowest BCUT2D eigenvalue weighted by Crippen LogP contribution is -2.43. The number of rotatable bonds is 3. The third-order valence-electron chi connectivity index (χ3n) is 3.52. The minimum absolute atomic E-state index is 0.00481. The fourth-order valence-electron chi connectivity index (χ4n) is 2.51. The molecule has 1 saturated heterocycles. The maximum Gasteiger partial charge on any atom is 0.173 e. The van der Waals surface area contributed by atoms with E-state index in [1.165, 1.54) is 0 Å². The Morgan fingerprint density at radius 3 is 2.80 bits per heavy atom. The summed E-state index contributed by atoms with van der Waals surface area (Å²) in [7, 11) is -2.89. The van der Waals surface area contributed by atoms with E-state index >= 15 is 0 Å². The molecular formula is C14H20N2O2S2. The molecule has 0 bridgehead atoms. The van der Waals surface area contributed by atoms with Crippen molar-refractivity contribution in [3.63, 3.8) is 0 Å². The van der Waals surface area contributed by atoms with Gasteiger partial charge in [0.1, 0.15) is 0 Å². The molecule has 1 aliphatic heterocycles. The van der Waals surface area contributed by atoms with Gasteiger partial charge in [0.25, 0.3) is 0 Å².